The number of rotatable bonds is 8. The number of hydrogen-bond donors (Lipinski definition) is 1. The van der Waals surface area contributed by atoms with E-state index in [1.54, 1.807) is 7.11 Å². The van der Waals surface area contributed by atoms with Gasteiger partial charge in [-0.2, -0.15) is 0 Å². The Morgan fingerprint density at radius 2 is 2.16 bits per heavy atom. The molecule has 0 bridgehead atoms. The van der Waals surface area contributed by atoms with Crippen molar-refractivity contribution >= 4 is 0 Å². The molecular formula is C16H26N2O. The highest BCUT2D eigenvalue weighted by atomic mass is 16.5. The fourth-order valence-corrected chi connectivity index (χ4v) is 2.48. The molecule has 1 aliphatic rings. The summed E-state index contributed by atoms with van der Waals surface area (Å²) in [5.41, 5.74) is 8.12. The van der Waals surface area contributed by atoms with Gasteiger partial charge in [-0.3, -0.25) is 4.90 Å². The molecule has 1 fully saturated rings. The number of unbranched alkanes of at least 4 members (excludes halogenated alkanes) is 1. The van der Waals surface area contributed by atoms with Crippen molar-refractivity contribution in [2.24, 2.45) is 5.73 Å². The summed E-state index contributed by atoms with van der Waals surface area (Å²) < 4.78 is 5.42. The largest absolute Gasteiger partial charge is 0.496 e. The molecule has 0 radical (unpaired) electrons. The minimum atomic E-state index is 0.533. The van der Waals surface area contributed by atoms with Gasteiger partial charge in [-0.15, -0.1) is 0 Å². The SMILES string of the molecule is CCCCN(Cc1ccc(CN)c(OC)c1)C1CC1. The molecule has 1 aromatic carbocycles. The van der Waals surface area contributed by atoms with E-state index in [4.69, 9.17) is 10.5 Å². The molecule has 0 amide bonds. The first kappa shape index (κ1) is 14.4. The molecule has 1 aliphatic carbocycles. The Kier molecular flexibility index (Phi) is 5.23. The van der Waals surface area contributed by atoms with Gasteiger partial charge in [-0.05, 0) is 37.4 Å². The topological polar surface area (TPSA) is 38.5 Å². The average molecular weight is 262 g/mol. The van der Waals surface area contributed by atoms with Gasteiger partial charge >= 0.3 is 0 Å². The molecule has 1 aromatic rings. The molecule has 0 heterocycles. The van der Waals surface area contributed by atoms with E-state index in [1.165, 1.54) is 37.8 Å². The van der Waals surface area contributed by atoms with Crippen molar-refractivity contribution in [3.63, 3.8) is 0 Å². The molecule has 0 aromatic heterocycles. The van der Waals surface area contributed by atoms with Crippen LogP contribution in [0.15, 0.2) is 18.2 Å². The predicted octanol–water partition coefficient (Wildman–Crippen LogP) is 2.92. The van der Waals surface area contributed by atoms with Crippen LogP contribution in [0.3, 0.4) is 0 Å². The Morgan fingerprint density at radius 1 is 1.37 bits per heavy atom. The number of ether oxygens (including phenoxy) is 1. The summed E-state index contributed by atoms with van der Waals surface area (Å²) in [5.74, 6) is 0.922. The van der Waals surface area contributed by atoms with Gasteiger partial charge < -0.3 is 10.5 Å². The number of benzene rings is 1. The number of nitrogens with zero attached hydrogens (tertiary/aromatic N) is 1. The smallest absolute Gasteiger partial charge is 0.123 e. The third kappa shape index (κ3) is 3.95. The van der Waals surface area contributed by atoms with Gasteiger partial charge in [0.25, 0.3) is 0 Å². The van der Waals surface area contributed by atoms with Gasteiger partial charge in [0.05, 0.1) is 7.11 Å². The number of nitrogens with two attached hydrogens (primary N) is 1. The summed E-state index contributed by atoms with van der Waals surface area (Å²) in [6.07, 6.45) is 5.27. The first-order valence-corrected chi connectivity index (χ1v) is 7.38. The highest BCUT2D eigenvalue weighted by Crippen LogP contribution is 2.29. The zero-order valence-electron chi connectivity index (χ0n) is 12.2. The summed E-state index contributed by atoms with van der Waals surface area (Å²) in [6, 6.07) is 7.24. The second-order valence-electron chi connectivity index (χ2n) is 5.41. The van der Waals surface area contributed by atoms with Crippen molar-refractivity contribution in [2.45, 2.75) is 51.7 Å². The molecule has 0 atom stereocenters. The summed E-state index contributed by atoms with van der Waals surface area (Å²) in [6.45, 7) is 5.03. The molecule has 0 spiro atoms. The van der Waals surface area contributed by atoms with Crippen molar-refractivity contribution in [2.75, 3.05) is 13.7 Å². The first-order chi connectivity index (χ1) is 9.28. The van der Waals surface area contributed by atoms with Crippen LogP contribution in [0.4, 0.5) is 0 Å². The molecule has 106 valence electrons. The van der Waals surface area contributed by atoms with E-state index in [-0.39, 0.29) is 0 Å². The Labute approximate surface area is 116 Å². The van der Waals surface area contributed by atoms with E-state index in [0.717, 1.165) is 23.9 Å². The molecular weight excluding hydrogens is 236 g/mol. The molecule has 3 nitrogen and oxygen atoms in total. The van der Waals surface area contributed by atoms with Crippen molar-refractivity contribution in [1.82, 2.24) is 4.90 Å². The van der Waals surface area contributed by atoms with Crippen LogP contribution in [0.1, 0.15) is 43.7 Å². The van der Waals surface area contributed by atoms with Crippen molar-refractivity contribution in [3.05, 3.63) is 29.3 Å². The van der Waals surface area contributed by atoms with Crippen LogP contribution < -0.4 is 10.5 Å². The fourth-order valence-electron chi connectivity index (χ4n) is 2.48. The standard InChI is InChI=1S/C16H26N2O/c1-3-4-9-18(15-7-8-15)12-13-5-6-14(11-17)16(10-13)19-2/h5-6,10,15H,3-4,7-9,11-12,17H2,1-2H3. The second kappa shape index (κ2) is 6.92. The van der Waals surface area contributed by atoms with Gasteiger partial charge in [0, 0.05) is 24.7 Å². The molecule has 3 heteroatoms. The fraction of sp³-hybridized carbons (Fsp3) is 0.625. The van der Waals surface area contributed by atoms with Crippen LogP contribution in [-0.4, -0.2) is 24.6 Å². The molecule has 2 N–H and O–H groups in total. The molecule has 2 rings (SSSR count). The van der Waals surface area contributed by atoms with E-state index in [0.29, 0.717) is 6.54 Å². The molecule has 19 heavy (non-hydrogen) atoms. The van der Waals surface area contributed by atoms with Crippen molar-refractivity contribution in [3.8, 4) is 5.75 Å². The lowest BCUT2D eigenvalue weighted by atomic mass is 10.1. The highest BCUT2D eigenvalue weighted by Gasteiger charge is 2.28. The van der Waals surface area contributed by atoms with Crippen LogP contribution in [0.25, 0.3) is 0 Å². The minimum absolute atomic E-state index is 0.533. The zero-order chi connectivity index (χ0) is 13.7. The average Bonchev–Trinajstić information content (AvgIpc) is 3.27. The maximum Gasteiger partial charge on any atom is 0.123 e. The van der Waals surface area contributed by atoms with Gasteiger partial charge in [-0.1, -0.05) is 25.5 Å². The van der Waals surface area contributed by atoms with Crippen LogP contribution >= 0.6 is 0 Å². The van der Waals surface area contributed by atoms with E-state index in [9.17, 15) is 0 Å². The summed E-state index contributed by atoms with van der Waals surface area (Å²) in [4.78, 5) is 2.61. The third-order valence-electron chi connectivity index (χ3n) is 3.82. The van der Waals surface area contributed by atoms with Crippen molar-refractivity contribution in [1.29, 1.82) is 0 Å². The monoisotopic (exact) mass is 262 g/mol. The Bertz CT molecular complexity index is 402. The van der Waals surface area contributed by atoms with E-state index in [2.05, 4.69) is 30.0 Å². The Hall–Kier alpha value is -1.06. The third-order valence-corrected chi connectivity index (χ3v) is 3.82. The van der Waals surface area contributed by atoms with Crippen LogP contribution in [0.2, 0.25) is 0 Å². The molecule has 0 aliphatic heterocycles. The Balaban J connectivity index is 2.03. The minimum Gasteiger partial charge on any atom is -0.496 e. The zero-order valence-corrected chi connectivity index (χ0v) is 12.2. The lowest BCUT2D eigenvalue weighted by Crippen LogP contribution is -2.26. The van der Waals surface area contributed by atoms with E-state index < -0.39 is 0 Å². The highest BCUT2D eigenvalue weighted by molar-refractivity contribution is 5.37. The summed E-state index contributed by atoms with van der Waals surface area (Å²) in [5, 5.41) is 0. The van der Waals surface area contributed by atoms with E-state index in [1.807, 2.05) is 0 Å². The summed E-state index contributed by atoms with van der Waals surface area (Å²) >= 11 is 0. The molecule has 0 saturated heterocycles. The second-order valence-corrected chi connectivity index (χ2v) is 5.41. The predicted molar refractivity (Wildman–Crippen MR) is 79.2 cm³/mol. The van der Waals surface area contributed by atoms with Crippen LogP contribution in [0.5, 0.6) is 5.75 Å². The first-order valence-electron chi connectivity index (χ1n) is 7.38. The van der Waals surface area contributed by atoms with Crippen LogP contribution in [-0.2, 0) is 13.1 Å². The number of methoxy groups -OCH3 is 1. The van der Waals surface area contributed by atoms with Gasteiger partial charge in [0.1, 0.15) is 5.75 Å². The van der Waals surface area contributed by atoms with Crippen LogP contribution in [0, 0.1) is 0 Å². The normalized spacial score (nSPS) is 14.9. The van der Waals surface area contributed by atoms with Crippen molar-refractivity contribution < 1.29 is 4.74 Å². The maximum atomic E-state index is 5.71. The quantitative estimate of drug-likeness (QED) is 0.783. The molecule has 1 saturated carbocycles. The van der Waals surface area contributed by atoms with Gasteiger partial charge in [0.15, 0.2) is 0 Å². The van der Waals surface area contributed by atoms with Gasteiger partial charge in [-0.25, -0.2) is 0 Å². The maximum absolute atomic E-state index is 5.71. The number of hydrogen-bond acceptors (Lipinski definition) is 3. The lowest BCUT2D eigenvalue weighted by molar-refractivity contribution is 0.250. The lowest BCUT2D eigenvalue weighted by Gasteiger charge is -2.22. The summed E-state index contributed by atoms with van der Waals surface area (Å²) in [7, 11) is 1.72. The van der Waals surface area contributed by atoms with Gasteiger partial charge in [0.2, 0.25) is 0 Å². The van der Waals surface area contributed by atoms with E-state index >= 15 is 0 Å². The molecule has 0 unspecified atom stereocenters. The Morgan fingerprint density at radius 3 is 2.74 bits per heavy atom.